The van der Waals surface area contributed by atoms with Crippen LogP contribution in [0.25, 0.3) is 0 Å². The van der Waals surface area contributed by atoms with Crippen molar-refractivity contribution < 1.29 is 9.59 Å². The Morgan fingerprint density at radius 2 is 2.29 bits per heavy atom. The van der Waals surface area contributed by atoms with Crippen LogP contribution < -0.4 is 16.0 Å². The van der Waals surface area contributed by atoms with Gasteiger partial charge in [0.05, 0.1) is 17.3 Å². The Balaban J connectivity index is 2.37. The van der Waals surface area contributed by atoms with Crippen LogP contribution in [0.1, 0.15) is 6.92 Å². The topological polar surface area (TPSA) is 88.3 Å². The van der Waals surface area contributed by atoms with Crippen molar-refractivity contribution in [3.8, 4) is 0 Å². The smallest absolute Gasteiger partial charge is 0.249 e. The molecule has 1 aromatic rings. The van der Waals surface area contributed by atoms with E-state index in [-0.39, 0.29) is 18.4 Å². The van der Waals surface area contributed by atoms with Crippen LogP contribution in [0.15, 0.2) is 12.3 Å². The van der Waals surface area contributed by atoms with Gasteiger partial charge in [0, 0.05) is 6.20 Å². The maximum absolute atomic E-state index is 11.5. The summed E-state index contributed by atoms with van der Waals surface area (Å²) in [5.74, 6) is -0.341. The zero-order chi connectivity index (χ0) is 12.6. The summed E-state index contributed by atoms with van der Waals surface area (Å²) >= 11 is 5.74. The molecule has 3 N–H and O–H groups in total. The highest BCUT2D eigenvalue weighted by Crippen LogP contribution is 2.25. The Hall–Kier alpha value is -1.82. The number of nitrogens with one attached hydrogen (secondary N) is 1. The molecule has 1 aliphatic rings. The van der Waals surface area contributed by atoms with Crippen LogP contribution in [-0.4, -0.2) is 29.4 Å². The number of pyridine rings is 1. The van der Waals surface area contributed by atoms with Crippen molar-refractivity contribution in [1.29, 1.82) is 0 Å². The van der Waals surface area contributed by atoms with E-state index in [1.165, 1.54) is 12.3 Å². The highest BCUT2D eigenvalue weighted by molar-refractivity contribution is 6.30. The Kier molecular flexibility index (Phi) is 2.89. The van der Waals surface area contributed by atoms with Gasteiger partial charge in [-0.15, -0.1) is 0 Å². The number of carbonyl (C=O) groups excluding carboxylic acids is 2. The second-order valence-electron chi connectivity index (χ2n) is 3.78. The van der Waals surface area contributed by atoms with E-state index in [1.54, 1.807) is 11.8 Å². The molecule has 2 heterocycles. The number of carbonyl (C=O) groups is 2. The van der Waals surface area contributed by atoms with Crippen LogP contribution in [0.5, 0.6) is 0 Å². The van der Waals surface area contributed by atoms with Crippen molar-refractivity contribution in [2.75, 3.05) is 17.2 Å². The Bertz CT molecular complexity index is 491. The molecular formula is C10H11ClN4O2. The van der Waals surface area contributed by atoms with Gasteiger partial charge in [0.2, 0.25) is 11.8 Å². The monoisotopic (exact) mass is 254 g/mol. The highest BCUT2D eigenvalue weighted by Gasteiger charge is 2.32. The fourth-order valence-corrected chi connectivity index (χ4v) is 1.83. The molecule has 0 aromatic carbocycles. The molecule has 1 saturated heterocycles. The lowest BCUT2D eigenvalue weighted by Gasteiger charge is -2.33. The van der Waals surface area contributed by atoms with Gasteiger partial charge in [0.15, 0.2) is 5.82 Å². The molecule has 90 valence electrons. The van der Waals surface area contributed by atoms with Crippen molar-refractivity contribution in [1.82, 2.24) is 10.3 Å². The van der Waals surface area contributed by atoms with Crippen LogP contribution in [0.4, 0.5) is 11.5 Å². The minimum atomic E-state index is -0.497. The van der Waals surface area contributed by atoms with Crippen molar-refractivity contribution in [2.24, 2.45) is 0 Å². The molecule has 1 atom stereocenters. The predicted molar refractivity (Wildman–Crippen MR) is 63.6 cm³/mol. The van der Waals surface area contributed by atoms with Gasteiger partial charge in [-0.2, -0.15) is 0 Å². The summed E-state index contributed by atoms with van der Waals surface area (Å²) in [4.78, 5) is 28.4. The summed E-state index contributed by atoms with van der Waals surface area (Å²) < 4.78 is 0. The number of aromatic nitrogens is 1. The van der Waals surface area contributed by atoms with E-state index >= 15 is 0 Å². The fourth-order valence-electron chi connectivity index (χ4n) is 1.66. The summed E-state index contributed by atoms with van der Waals surface area (Å²) in [5.41, 5.74) is 6.11. The van der Waals surface area contributed by atoms with Gasteiger partial charge in [-0.3, -0.25) is 14.9 Å². The van der Waals surface area contributed by atoms with Crippen molar-refractivity contribution in [3.05, 3.63) is 17.3 Å². The fraction of sp³-hybridized carbons (Fsp3) is 0.300. The SMILES string of the molecule is CC1C(=O)NC(=O)CN1c1ncc(Cl)cc1N. The van der Waals surface area contributed by atoms with Crippen LogP contribution in [0.2, 0.25) is 5.02 Å². The third-order valence-electron chi connectivity index (χ3n) is 2.56. The zero-order valence-corrected chi connectivity index (χ0v) is 9.86. The summed E-state index contributed by atoms with van der Waals surface area (Å²) in [6.07, 6.45) is 1.43. The van der Waals surface area contributed by atoms with Crippen molar-refractivity contribution >= 4 is 34.9 Å². The molecule has 0 bridgehead atoms. The minimum absolute atomic E-state index is 0.0474. The normalized spacial score (nSPS) is 20.4. The number of hydrogen-bond donors (Lipinski definition) is 2. The Morgan fingerprint density at radius 3 is 2.94 bits per heavy atom. The van der Waals surface area contributed by atoms with Crippen LogP contribution in [0.3, 0.4) is 0 Å². The number of imide groups is 1. The number of anilines is 2. The van der Waals surface area contributed by atoms with Crippen molar-refractivity contribution in [3.63, 3.8) is 0 Å². The van der Waals surface area contributed by atoms with Gasteiger partial charge in [-0.05, 0) is 13.0 Å². The number of halogens is 1. The minimum Gasteiger partial charge on any atom is -0.396 e. The molecular weight excluding hydrogens is 244 g/mol. The first-order chi connectivity index (χ1) is 7.99. The van der Waals surface area contributed by atoms with Crippen molar-refractivity contribution in [2.45, 2.75) is 13.0 Å². The molecule has 0 saturated carbocycles. The van der Waals surface area contributed by atoms with E-state index in [4.69, 9.17) is 17.3 Å². The molecule has 17 heavy (non-hydrogen) atoms. The number of nitrogens with zero attached hydrogens (tertiary/aromatic N) is 2. The quantitative estimate of drug-likeness (QED) is 0.698. The lowest BCUT2D eigenvalue weighted by molar-refractivity contribution is -0.132. The third kappa shape index (κ3) is 2.16. The Morgan fingerprint density at radius 1 is 1.59 bits per heavy atom. The molecule has 2 amide bonds. The highest BCUT2D eigenvalue weighted by atomic mass is 35.5. The molecule has 0 spiro atoms. The molecule has 1 aliphatic heterocycles. The van der Waals surface area contributed by atoms with E-state index in [1.807, 2.05) is 0 Å². The number of nitrogens with two attached hydrogens (primary N) is 1. The molecule has 1 unspecified atom stereocenters. The number of piperazine rings is 1. The lowest BCUT2D eigenvalue weighted by atomic mass is 10.2. The number of rotatable bonds is 1. The predicted octanol–water partition coefficient (Wildman–Crippen LogP) is 0.168. The molecule has 7 heteroatoms. The van der Waals surface area contributed by atoms with Gasteiger partial charge in [0.25, 0.3) is 0 Å². The van der Waals surface area contributed by atoms with E-state index in [9.17, 15) is 9.59 Å². The van der Waals surface area contributed by atoms with E-state index in [0.717, 1.165) is 0 Å². The summed E-state index contributed by atoms with van der Waals surface area (Å²) in [6.45, 7) is 1.73. The van der Waals surface area contributed by atoms with Crippen LogP contribution in [-0.2, 0) is 9.59 Å². The van der Waals surface area contributed by atoms with Gasteiger partial charge >= 0.3 is 0 Å². The third-order valence-corrected chi connectivity index (χ3v) is 2.76. The van der Waals surface area contributed by atoms with E-state index in [0.29, 0.717) is 16.5 Å². The van der Waals surface area contributed by atoms with E-state index < -0.39 is 6.04 Å². The Labute approximate surface area is 103 Å². The van der Waals surface area contributed by atoms with Crippen LogP contribution in [0, 0.1) is 0 Å². The maximum Gasteiger partial charge on any atom is 0.249 e. The zero-order valence-electron chi connectivity index (χ0n) is 9.11. The number of nitrogen functional groups attached to an aromatic ring is 1. The standard InChI is InChI=1S/C10H11ClN4O2/c1-5-10(17)14-8(16)4-15(5)9-7(12)2-6(11)3-13-9/h2-3,5H,4,12H2,1H3,(H,14,16,17). The van der Waals surface area contributed by atoms with Gasteiger partial charge in [0.1, 0.15) is 6.04 Å². The number of amides is 2. The molecule has 6 nitrogen and oxygen atoms in total. The van der Waals surface area contributed by atoms with Crippen LogP contribution >= 0.6 is 11.6 Å². The number of hydrogen-bond acceptors (Lipinski definition) is 5. The summed E-state index contributed by atoms with van der Waals surface area (Å²) in [5, 5.41) is 2.65. The molecule has 1 aromatic heterocycles. The lowest BCUT2D eigenvalue weighted by Crippen LogP contribution is -2.57. The molecule has 2 rings (SSSR count). The van der Waals surface area contributed by atoms with Gasteiger partial charge in [-0.1, -0.05) is 11.6 Å². The first kappa shape index (κ1) is 11.7. The maximum atomic E-state index is 11.5. The second kappa shape index (κ2) is 4.21. The summed E-state index contributed by atoms with van der Waals surface area (Å²) in [7, 11) is 0. The molecule has 0 radical (unpaired) electrons. The average Bonchev–Trinajstić information content (AvgIpc) is 2.24. The second-order valence-corrected chi connectivity index (χ2v) is 4.22. The first-order valence-electron chi connectivity index (χ1n) is 5.00. The largest absolute Gasteiger partial charge is 0.396 e. The molecule has 0 aliphatic carbocycles. The summed E-state index contributed by atoms with van der Waals surface area (Å²) in [6, 6.07) is 1.04. The van der Waals surface area contributed by atoms with Gasteiger partial charge < -0.3 is 10.6 Å². The average molecular weight is 255 g/mol. The first-order valence-corrected chi connectivity index (χ1v) is 5.38. The molecule has 1 fully saturated rings. The van der Waals surface area contributed by atoms with E-state index in [2.05, 4.69) is 10.3 Å². The van der Waals surface area contributed by atoms with Gasteiger partial charge in [-0.25, -0.2) is 4.98 Å².